The monoisotopic (exact) mass is 243 g/mol. The maximum atomic E-state index is 11.9. The van der Waals surface area contributed by atoms with Crippen molar-refractivity contribution in [3.05, 3.63) is 0 Å². The normalized spacial score (nSPS) is 22.2. The van der Waals surface area contributed by atoms with Gasteiger partial charge in [-0.3, -0.25) is 14.5 Å². The highest BCUT2D eigenvalue weighted by atomic mass is 16.4. The highest BCUT2D eigenvalue weighted by molar-refractivity contribution is 5.86. The van der Waals surface area contributed by atoms with E-state index in [1.807, 2.05) is 7.05 Å². The van der Waals surface area contributed by atoms with E-state index in [1.54, 1.807) is 4.90 Å². The first-order chi connectivity index (χ1) is 7.74. The van der Waals surface area contributed by atoms with Gasteiger partial charge in [0.25, 0.3) is 0 Å². The zero-order valence-electron chi connectivity index (χ0n) is 10.6. The maximum absolute atomic E-state index is 11.9. The number of rotatable bonds is 3. The topological polar surface area (TPSA) is 86.9 Å². The molecule has 3 N–H and O–H groups in total. The molecule has 0 spiro atoms. The van der Waals surface area contributed by atoms with Crippen LogP contribution in [0.4, 0.5) is 0 Å². The highest BCUT2D eigenvalue weighted by Crippen LogP contribution is 2.19. The van der Waals surface area contributed by atoms with Crippen molar-refractivity contribution in [2.45, 2.75) is 31.8 Å². The molecule has 17 heavy (non-hydrogen) atoms. The second kappa shape index (κ2) is 5.01. The van der Waals surface area contributed by atoms with Crippen molar-refractivity contribution < 1.29 is 14.7 Å². The molecule has 1 heterocycles. The van der Waals surface area contributed by atoms with E-state index in [1.165, 1.54) is 0 Å². The van der Waals surface area contributed by atoms with E-state index >= 15 is 0 Å². The summed E-state index contributed by atoms with van der Waals surface area (Å²) in [6.45, 7) is 6.06. The lowest BCUT2D eigenvalue weighted by Gasteiger charge is -2.45. The summed E-state index contributed by atoms with van der Waals surface area (Å²) in [4.78, 5) is 26.3. The van der Waals surface area contributed by atoms with Crippen LogP contribution in [0.3, 0.4) is 0 Å². The second-order valence-corrected chi connectivity index (χ2v) is 5.20. The molecule has 0 saturated carbocycles. The van der Waals surface area contributed by atoms with Crippen LogP contribution >= 0.6 is 0 Å². The second-order valence-electron chi connectivity index (χ2n) is 5.20. The van der Waals surface area contributed by atoms with Gasteiger partial charge in [0.05, 0.1) is 12.5 Å². The number of hydrogen-bond acceptors (Lipinski definition) is 4. The molecule has 1 saturated heterocycles. The first-order valence-corrected chi connectivity index (χ1v) is 5.71. The van der Waals surface area contributed by atoms with Crippen LogP contribution in [-0.2, 0) is 9.59 Å². The summed E-state index contributed by atoms with van der Waals surface area (Å²) in [5, 5.41) is 8.62. The van der Waals surface area contributed by atoms with Gasteiger partial charge in [0.1, 0.15) is 0 Å². The highest BCUT2D eigenvalue weighted by Gasteiger charge is 2.35. The van der Waals surface area contributed by atoms with Gasteiger partial charge >= 0.3 is 5.97 Å². The van der Waals surface area contributed by atoms with Crippen LogP contribution < -0.4 is 5.73 Å². The van der Waals surface area contributed by atoms with Gasteiger partial charge in [-0.25, -0.2) is 0 Å². The van der Waals surface area contributed by atoms with E-state index in [0.29, 0.717) is 13.1 Å². The predicted molar refractivity (Wildman–Crippen MR) is 63.5 cm³/mol. The standard InChI is InChI=1S/C11H21N3O3/c1-11(2)7-14(5-4-13(11)3)10(17)8(12)6-9(15)16/h8H,4-7,12H2,1-3H3,(H,15,16). The average Bonchev–Trinajstić information content (AvgIpc) is 2.20. The molecule has 1 fully saturated rings. The number of aliphatic carboxylic acids is 1. The van der Waals surface area contributed by atoms with E-state index in [2.05, 4.69) is 18.7 Å². The van der Waals surface area contributed by atoms with Gasteiger partial charge in [-0.2, -0.15) is 0 Å². The van der Waals surface area contributed by atoms with Crippen molar-refractivity contribution in [3.63, 3.8) is 0 Å². The molecule has 1 aliphatic rings. The summed E-state index contributed by atoms with van der Waals surface area (Å²) >= 11 is 0. The number of nitrogens with two attached hydrogens (primary N) is 1. The third kappa shape index (κ3) is 3.41. The first-order valence-electron chi connectivity index (χ1n) is 5.71. The Morgan fingerprint density at radius 3 is 2.47 bits per heavy atom. The van der Waals surface area contributed by atoms with E-state index in [-0.39, 0.29) is 17.9 Å². The van der Waals surface area contributed by atoms with E-state index < -0.39 is 12.0 Å². The smallest absolute Gasteiger partial charge is 0.305 e. The summed E-state index contributed by atoms with van der Waals surface area (Å²) in [5.74, 6) is -1.31. The van der Waals surface area contributed by atoms with E-state index in [4.69, 9.17) is 10.8 Å². The molecule has 6 heteroatoms. The summed E-state index contributed by atoms with van der Waals surface area (Å²) in [6, 6.07) is -0.938. The van der Waals surface area contributed by atoms with Gasteiger partial charge in [-0.1, -0.05) is 0 Å². The van der Waals surface area contributed by atoms with Crippen LogP contribution in [0.5, 0.6) is 0 Å². The number of piperazine rings is 1. The average molecular weight is 243 g/mol. The molecular weight excluding hydrogens is 222 g/mol. The van der Waals surface area contributed by atoms with Crippen molar-refractivity contribution in [1.82, 2.24) is 9.80 Å². The zero-order valence-corrected chi connectivity index (χ0v) is 10.6. The lowest BCUT2D eigenvalue weighted by Crippen LogP contribution is -2.61. The van der Waals surface area contributed by atoms with Gasteiger partial charge < -0.3 is 15.7 Å². The Labute approximate surface area is 101 Å². The third-order valence-electron chi connectivity index (χ3n) is 3.34. The van der Waals surface area contributed by atoms with Crippen LogP contribution in [0.25, 0.3) is 0 Å². The SMILES string of the molecule is CN1CCN(C(=O)C(N)CC(=O)O)CC1(C)C. The Balaban J connectivity index is 2.62. The third-order valence-corrected chi connectivity index (χ3v) is 3.34. The fraction of sp³-hybridized carbons (Fsp3) is 0.818. The van der Waals surface area contributed by atoms with E-state index in [9.17, 15) is 9.59 Å². The molecule has 1 rings (SSSR count). The van der Waals surface area contributed by atoms with Gasteiger partial charge in [0.2, 0.25) is 5.91 Å². The molecular formula is C11H21N3O3. The number of carbonyl (C=O) groups excluding carboxylic acids is 1. The van der Waals surface area contributed by atoms with Crippen molar-refractivity contribution >= 4 is 11.9 Å². The minimum absolute atomic E-state index is 0.100. The molecule has 0 aromatic carbocycles. The summed E-state index contributed by atoms with van der Waals surface area (Å²) in [5.41, 5.74) is 5.49. The fourth-order valence-electron chi connectivity index (χ4n) is 1.94. The lowest BCUT2D eigenvalue weighted by atomic mass is 9.99. The van der Waals surface area contributed by atoms with Crippen LogP contribution in [0, 0.1) is 0 Å². The molecule has 0 aliphatic carbocycles. The Morgan fingerprint density at radius 1 is 1.41 bits per heavy atom. The largest absolute Gasteiger partial charge is 0.481 e. The van der Waals surface area contributed by atoms with E-state index in [0.717, 1.165) is 6.54 Å². The molecule has 98 valence electrons. The molecule has 1 aliphatic heterocycles. The summed E-state index contributed by atoms with van der Waals surface area (Å²) < 4.78 is 0. The number of amides is 1. The molecule has 1 unspecified atom stereocenters. The van der Waals surface area contributed by atoms with Gasteiger partial charge in [-0.15, -0.1) is 0 Å². The van der Waals surface area contributed by atoms with Gasteiger partial charge in [0.15, 0.2) is 0 Å². The maximum Gasteiger partial charge on any atom is 0.305 e. The Hall–Kier alpha value is -1.14. The molecule has 6 nitrogen and oxygen atoms in total. The molecule has 1 amide bonds. The number of nitrogens with zero attached hydrogens (tertiary/aromatic N) is 2. The summed E-state index contributed by atoms with van der Waals surface area (Å²) in [7, 11) is 2.01. The molecule has 0 bridgehead atoms. The van der Waals surface area contributed by atoms with Gasteiger partial charge in [-0.05, 0) is 20.9 Å². The van der Waals surface area contributed by atoms with Crippen LogP contribution in [0.2, 0.25) is 0 Å². The quantitative estimate of drug-likeness (QED) is 0.687. The Bertz CT molecular complexity index is 317. The number of hydrogen-bond donors (Lipinski definition) is 2. The minimum Gasteiger partial charge on any atom is -0.481 e. The molecule has 0 aromatic heterocycles. The number of carboxylic acids is 1. The van der Waals surface area contributed by atoms with Crippen LogP contribution in [-0.4, -0.2) is 65.0 Å². The van der Waals surface area contributed by atoms with Crippen molar-refractivity contribution in [2.75, 3.05) is 26.7 Å². The van der Waals surface area contributed by atoms with Crippen LogP contribution in [0.1, 0.15) is 20.3 Å². The molecule has 0 aromatic rings. The van der Waals surface area contributed by atoms with Crippen molar-refractivity contribution in [3.8, 4) is 0 Å². The van der Waals surface area contributed by atoms with Crippen LogP contribution in [0.15, 0.2) is 0 Å². The molecule has 1 atom stereocenters. The fourth-order valence-corrected chi connectivity index (χ4v) is 1.94. The van der Waals surface area contributed by atoms with Gasteiger partial charge in [0, 0.05) is 25.2 Å². The number of carboxylic acid groups (broad SMARTS) is 1. The number of carbonyl (C=O) groups is 2. The van der Waals surface area contributed by atoms with Crippen molar-refractivity contribution in [2.24, 2.45) is 5.73 Å². The Morgan fingerprint density at radius 2 is 2.00 bits per heavy atom. The summed E-state index contributed by atoms with van der Waals surface area (Å²) in [6.07, 6.45) is -0.314. The lowest BCUT2D eigenvalue weighted by molar-refractivity contribution is -0.143. The zero-order chi connectivity index (χ0) is 13.2. The minimum atomic E-state index is -1.04. The first kappa shape index (κ1) is 13.9. The predicted octanol–water partition coefficient (Wildman–Crippen LogP) is -0.659. The molecule has 0 radical (unpaired) electrons. The Kier molecular flexibility index (Phi) is 4.11. The van der Waals surface area contributed by atoms with Crippen molar-refractivity contribution in [1.29, 1.82) is 0 Å². The number of likely N-dealkylation sites (N-methyl/N-ethyl adjacent to an activating group) is 1.